The summed E-state index contributed by atoms with van der Waals surface area (Å²) in [6.45, 7) is 7.18. The summed E-state index contributed by atoms with van der Waals surface area (Å²) in [4.78, 5) is 12.3. The van der Waals surface area contributed by atoms with E-state index in [4.69, 9.17) is 0 Å². The van der Waals surface area contributed by atoms with Gasteiger partial charge in [-0.25, -0.2) is 0 Å². The minimum Gasteiger partial charge on any atom is -0.270 e. The van der Waals surface area contributed by atoms with Gasteiger partial charge in [-0.1, -0.05) is 45.4 Å². The molecule has 0 unspecified atom stereocenters. The molecule has 0 aliphatic heterocycles. The molecule has 0 aliphatic carbocycles. The highest BCUT2D eigenvalue weighted by Gasteiger charge is 2.18. The number of para-hydroxylation sites is 1. The van der Waals surface area contributed by atoms with Gasteiger partial charge in [-0.15, -0.1) is 0 Å². The van der Waals surface area contributed by atoms with E-state index < -0.39 is 0 Å². The number of hydrogen-bond donors (Lipinski definition) is 0. The first-order chi connectivity index (χ1) is 11.3. The van der Waals surface area contributed by atoms with Crippen LogP contribution >= 0.6 is 0 Å². The first-order valence-corrected chi connectivity index (χ1v) is 8.49. The molecule has 3 heterocycles. The topological polar surface area (TPSA) is 25.4 Å². The molecule has 3 nitrogen and oxygen atoms in total. The average molecular weight is 307 g/mol. The molecule has 0 atom stereocenters. The Hall–Kier alpha value is -2.42. The molecule has 1 aromatic carbocycles. The Kier molecular flexibility index (Phi) is 4.28. The molecule has 118 valence electrons. The Morgan fingerprint density at radius 1 is 1.00 bits per heavy atom. The molecule has 0 fully saturated rings. The van der Waals surface area contributed by atoms with E-state index in [-0.39, 0.29) is 5.56 Å². The van der Waals surface area contributed by atoms with Crippen LogP contribution in [0, 0.1) is 0 Å². The van der Waals surface area contributed by atoms with Crippen molar-refractivity contribution in [2.24, 2.45) is 0 Å². The van der Waals surface area contributed by atoms with E-state index in [1.165, 1.54) is 0 Å². The number of unbranched alkanes of at least 4 members (excludes halogenated alkanes) is 1. The van der Waals surface area contributed by atoms with E-state index in [1.54, 1.807) is 6.07 Å². The number of hydrogen-bond acceptors (Lipinski definition) is 1. The van der Waals surface area contributed by atoms with E-state index in [0.29, 0.717) is 0 Å². The van der Waals surface area contributed by atoms with Crippen LogP contribution in [0.4, 0.5) is 0 Å². The first kappa shape index (κ1) is 15.5. The molecule has 0 saturated carbocycles. The van der Waals surface area contributed by atoms with Crippen molar-refractivity contribution in [3.05, 3.63) is 59.0 Å². The quantitative estimate of drug-likeness (QED) is 0.522. The molecule has 0 N–H and O–H groups in total. The van der Waals surface area contributed by atoms with Gasteiger partial charge in [0.05, 0.1) is 5.52 Å². The molecule has 0 aliphatic rings. The van der Waals surface area contributed by atoms with Gasteiger partial charge in [0.2, 0.25) is 5.52 Å². The first-order valence-electron chi connectivity index (χ1n) is 8.49. The molecule has 0 spiro atoms. The summed E-state index contributed by atoms with van der Waals surface area (Å²) >= 11 is 0. The second kappa shape index (κ2) is 6.37. The van der Waals surface area contributed by atoms with Crippen molar-refractivity contribution >= 4 is 27.3 Å². The van der Waals surface area contributed by atoms with E-state index in [9.17, 15) is 4.79 Å². The van der Waals surface area contributed by atoms with Crippen LogP contribution in [-0.4, -0.2) is 4.40 Å². The van der Waals surface area contributed by atoms with Crippen molar-refractivity contribution in [3.63, 3.8) is 0 Å². The van der Waals surface area contributed by atoms with E-state index in [1.807, 2.05) is 42.5 Å². The lowest BCUT2D eigenvalue weighted by Gasteiger charge is -2.01. The van der Waals surface area contributed by atoms with E-state index in [2.05, 4.69) is 29.8 Å². The van der Waals surface area contributed by atoms with E-state index >= 15 is 0 Å². The van der Waals surface area contributed by atoms with Gasteiger partial charge in [0, 0.05) is 35.4 Å². The normalized spacial score (nSPS) is 11.1. The predicted molar refractivity (Wildman–Crippen MR) is 96.3 cm³/mol. The lowest BCUT2D eigenvalue weighted by atomic mass is 10.1. The minimum absolute atomic E-state index is 0.0435. The largest absolute Gasteiger partial charge is 0.270 e. The summed E-state index contributed by atoms with van der Waals surface area (Å²) in [5.74, 6) is 0. The fraction of sp³-hybridized carbons (Fsp3) is 0.300. The molecule has 0 bridgehead atoms. The molecule has 0 amide bonds. The Balaban J connectivity index is 0.000000753. The van der Waals surface area contributed by atoms with Crippen LogP contribution in [0.5, 0.6) is 0 Å². The van der Waals surface area contributed by atoms with Gasteiger partial charge in [0.1, 0.15) is 12.1 Å². The molecule has 3 heteroatoms. The van der Waals surface area contributed by atoms with Gasteiger partial charge in [-0.3, -0.25) is 9.20 Å². The summed E-state index contributed by atoms with van der Waals surface area (Å²) in [7, 11) is 0. The number of aryl methyl sites for hydroxylation is 1. The summed E-state index contributed by atoms with van der Waals surface area (Å²) in [6.07, 6.45) is 4.45. The number of pyridine rings is 2. The minimum atomic E-state index is 0.0435. The molecular weight excluding hydrogens is 284 g/mol. The van der Waals surface area contributed by atoms with Crippen LogP contribution < -0.4 is 10.1 Å². The third-order valence-electron chi connectivity index (χ3n) is 4.24. The highest BCUT2D eigenvalue weighted by molar-refractivity contribution is 6.11. The fourth-order valence-electron chi connectivity index (χ4n) is 3.22. The van der Waals surface area contributed by atoms with Crippen LogP contribution in [0.15, 0.2) is 53.5 Å². The van der Waals surface area contributed by atoms with Crippen LogP contribution in [0.1, 0.15) is 33.6 Å². The van der Waals surface area contributed by atoms with Gasteiger partial charge < -0.3 is 0 Å². The zero-order chi connectivity index (χ0) is 16.4. The maximum atomic E-state index is 12.3. The van der Waals surface area contributed by atoms with Gasteiger partial charge >= 0.3 is 0 Å². The molecule has 4 aromatic rings. The third-order valence-corrected chi connectivity index (χ3v) is 4.24. The van der Waals surface area contributed by atoms with Crippen molar-refractivity contribution < 1.29 is 4.57 Å². The van der Waals surface area contributed by atoms with Gasteiger partial charge in [0.25, 0.3) is 5.56 Å². The monoisotopic (exact) mass is 307 g/mol. The molecule has 3 aromatic heterocycles. The summed E-state index contributed by atoms with van der Waals surface area (Å²) < 4.78 is 4.10. The van der Waals surface area contributed by atoms with Crippen LogP contribution in [0.2, 0.25) is 0 Å². The van der Waals surface area contributed by atoms with Gasteiger partial charge in [0.15, 0.2) is 6.20 Å². The highest BCUT2D eigenvalue weighted by atomic mass is 16.1. The van der Waals surface area contributed by atoms with Crippen LogP contribution in [0.3, 0.4) is 0 Å². The second-order valence-electron chi connectivity index (χ2n) is 5.53. The lowest BCUT2D eigenvalue weighted by Crippen LogP contribution is -2.35. The Labute approximate surface area is 136 Å². The average Bonchev–Trinajstić information content (AvgIpc) is 2.95. The van der Waals surface area contributed by atoms with Crippen molar-refractivity contribution in [2.75, 3.05) is 0 Å². The summed E-state index contributed by atoms with van der Waals surface area (Å²) in [5, 5.41) is 2.31. The number of nitrogens with zero attached hydrogens (tertiary/aromatic N) is 2. The maximum absolute atomic E-state index is 12.3. The Morgan fingerprint density at radius 2 is 1.78 bits per heavy atom. The Morgan fingerprint density at radius 3 is 2.57 bits per heavy atom. The maximum Gasteiger partial charge on any atom is 0.256 e. The van der Waals surface area contributed by atoms with Crippen molar-refractivity contribution in [1.82, 2.24) is 4.40 Å². The third kappa shape index (κ3) is 2.37. The Bertz CT molecular complexity index is 1000. The van der Waals surface area contributed by atoms with Crippen molar-refractivity contribution in [2.45, 2.75) is 40.2 Å². The second-order valence-corrected chi connectivity index (χ2v) is 5.53. The highest BCUT2D eigenvalue weighted by Crippen LogP contribution is 2.28. The summed E-state index contributed by atoms with van der Waals surface area (Å²) in [6, 6.07) is 13.9. The number of rotatable bonds is 3. The molecular formula is C20H23N2O+. The molecule has 0 radical (unpaired) electrons. The van der Waals surface area contributed by atoms with Crippen LogP contribution in [0.25, 0.3) is 27.3 Å². The zero-order valence-corrected chi connectivity index (χ0v) is 14.0. The van der Waals surface area contributed by atoms with Crippen molar-refractivity contribution in [3.8, 4) is 0 Å². The van der Waals surface area contributed by atoms with Crippen molar-refractivity contribution in [1.29, 1.82) is 0 Å². The van der Waals surface area contributed by atoms with Gasteiger partial charge in [-0.05, 0) is 6.07 Å². The zero-order valence-electron chi connectivity index (χ0n) is 14.0. The fourth-order valence-corrected chi connectivity index (χ4v) is 3.22. The lowest BCUT2D eigenvalue weighted by molar-refractivity contribution is -0.671. The molecule has 4 rings (SSSR count). The van der Waals surface area contributed by atoms with Gasteiger partial charge in [-0.2, -0.15) is 4.57 Å². The smallest absolute Gasteiger partial charge is 0.256 e. The van der Waals surface area contributed by atoms with E-state index in [0.717, 1.165) is 46.7 Å². The standard InChI is InChI=1S/C18H17N2O.C2H6/c1-2-3-11-19-12-10-14-13-6-4-5-7-15(13)20-17(21)9-8-16(19)18(14)20;1-2/h4-10,12H,2-3,11H2,1H3;1-2H3/q+1;. The number of fused-ring (bicyclic) bond motifs is 3. The summed E-state index contributed by atoms with van der Waals surface area (Å²) in [5.41, 5.74) is 3.22. The SMILES string of the molecule is CC.CCCC[n+]1ccc2c3ccccc3n3c(=O)ccc1c23. The predicted octanol–water partition coefficient (Wildman–Crippen LogP) is 4.16. The number of aromatic nitrogens is 2. The number of benzene rings is 1. The van der Waals surface area contributed by atoms with Crippen LogP contribution in [-0.2, 0) is 6.54 Å². The molecule has 0 saturated heterocycles. The molecule has 23 heavy (non-hydrogen) atoms.